The van der Waals surface area contributed by atoms with Crippen LogP contribution in [0.25, 0.3) is 10.9 Å². The number of carbonyl (C=O) groups excluding carboxylic acids is 1. The Morgan fingerprint density at radius 3 is 2.95 bits per heavy atom. The van der Waals surface area contributed by atoms with Crippen LogP contribution in [0, 0.1) is 0 Å². The second-order valence-corrected chi connectivity index (χ2v) is 4.93. The summed E-state index contributed by atoms with van der Waals surface area (Å²) in [5, 5.41) is 4.01. The summed E-state index contributed by atoms with van der Waals surface area (Å²) in [6, 6.07) is 9.68. The molecule has 4 nitrogen and oxygen atoms in total. The minimum absolute atomic E-state index is 0.0694. The number of fused-ring (bicyclic) bond motifs is 1. The van der Waals surface area contributed by atoms with E-state index in [-0.39, 0.29) is 5.91 Å². The maximum Gasteiger partial charge on any atom is 0.236 e. The minimum Gasteiger partial charge on any atom is -0.354 e. The highest BCUT2D eigenvalue weighted by Crippen LogP contribution is 2.15. The zero-order valence-corrected chi connectivity index (χ0v) is 11.8. The molecule has 1 amide bonds. The monoisotopic (exact) mass is 271 g/mol. The number of nitrogens with zero attached hydrogens (tertiary/aromatic N) is 1. The number of amides is 1. The van der Waals surface area contributed by atoms with Crippen LogP contribution < -0.4 is 11.1 Å². The van der Waals surface area contributed by atoms with Crippen molar-refractivity contribution in [3.05, 3.63) is 42.1 Å². The van der Waals surface area contributed by atoms with E-state index in [1.54, 1.807) is 6.20 Å². The van der Waals surface area contributed by atoms with Crippen LogP contribution in [0.1, 0.15) is 25.3 Å². The van der Waals surface area contributed by atoms with Crippen LogP contribution in [0.2, 0.25) is 0 Å². The lowest BCUT2D eigenvalue weighted by Crippen LogP contribution is -2.41. The molecular weight excluding hydrogens is 250 g/mol. The Hall–Kier alpha value is -1.94. The molecule has 2 aromatic rings. The molecule has 106 valence electrons. The smallest absolute Gasteiger partial charge is 0.236 e. The topological polar surface area (TPSA) is 68.0 Å². The van der Waals surface area contributed by atoms with Gasteiger partial charge in [-0.1, -0.05) is 37.6 Å². The minimum atomic E-state index is -0.398. The van der Waals surface area contributed by atoms with Crippen LogP contribution in [0.4, 0.5) is 0 Å². The van der Waals surface area contributed by atoms with Gasteiger partial charge in [-0.25, -0.2) is 0 Å². The van der Waals surface area contributed by atoms with Crippen molar-refractivity contribution in [3.8, 4) is 0 Å². The summed E-state index contributed by atoms with van der Waals surface area (Å²) in [4.78, 5) is 16.1. The zero-order valence-electron chi connectivity index (χ0n) is 11.8. The van der Waals surface area contributed by atoms with Gasteiger partial charge in [-0.15, -0.1) is 0 Å². The third kappa shape index (κ3) is 3.54. The number of pyridine rings is 1. The Morgan fingerprint density at radius 2 is 2.15 bits per heavy atom. The molecule has 0 spiro atoms. The summed E-state index contributed by atoms with van der Waals surface area (Å²) in [5.74, 6) is -0.0694. The number of para-hydroxylation sites is 1. The number of benzene rings is 1. The molecule has 0 bridgehead atoms. The third-order valence-corrected chi connectivity index (χ3v) is 3.35. The lowest BCUT2D eigenvalue weighted by Gasteiger charge is -2.11. The largest absolute Gasteiger partial charge is 0.354 e. The van der Waals surface area contributed by atoms with E-state index in [0.717, 1.165) is 35.7 Å². The fourth-order valence-electron chi connectivity index (χ4n) is 2.26. The summed E-state index contributed by atoms with van der Waals surface area (Å²) >= 11 is 0. The van der Waals surface area contributed by atoms with Crippen molar-refractivity contribution in [1.29, 1.82) is 0 Å². The van der Waals surface area contributed by atoms with E-state index in [2.05, 4.69) is 10.3 Å². The van der Waals surface area contributed by atoms with E-state index in [4.69, 9.17) is 5.73 Å². The van der Waals surface area contributed by atoms with Gasteiger partial charge in [0.1, 0.15) is 0 Å². The van der Waals surface area contributed by atoms with E-state index < -0.39 is 6.04 Å². The predicted octanol–water partition coefficient (Wildman–Crippen LogP) is 2.02. The molecular formula is C16H21N3O. The van der Waals surface area contributed by atoms with Crippen LogP contribution in [-0.4, -0.2) is 23.5 Å². The van der Waals surface area contributed by atoms with Crippen molar-refractivity contribution < 1.29 is 4.79 Å². The summed E-state index contributed by atoms with van der Waals surface area (Å²) in [5.41, 5.74) is 7.92. The van der Waals surface area contributed by atoms with Crippen molar-refractivity contribution in [2.24, 2.45) is 5.73 Å². The molecule has 0 radical (unpaired) electrons. The van der Waals surface area contributed by atoms with Gasteiger partial charge < -0.3 is 11.1 Å². The lowest BCUT2D eigenvalue weighted by atomic mass is 10.1. The second-order valence-electron chi connectivity index (χ2n) is 4.93. The molecule has 1 heterocycles. The number of nitrogens with two attached hydrogens (primary N) is 1. The molecule has 1 aromatic carbocycles. The van der Waals surface area contributed by atoms with E-state index in [9.17, 15) is 4.79 Å². The van der Waals surface area contributed by atoms with Gasteiger partial charge in [0, 0.05) is 18.1 Å². The number of rotatable bonds is 6. The molecule has 0 fully saturated rings. The van der Waals surface area contributed by atoms with Gasteiger partial charge in [0.05, 0.1) is 11.6 Å². The van der Waals surface area contributed by atoms with Crippen molar-refractivity contribution in [1.82, 2.24) is 10.3 Å². The van der Waals surface area contributed by atoms with E-state index >= 15 is 0 Å². The van der Waals surface area contributed by atoms with E-state index in [1.165, 1.54) is 0 Å². The van der Waals surface area contributed by atoms with Crippen LogP contribution in [0.3, 0.4) is 0 Å². The average molecular weight is 271 g/mol. The van der Waals surface area contributed by atoms with Crippen LogP contribution in [0.15, 0.2) is 36.5 Å². The van der Waals surface area contributed by atoms with Crippen molar-refractivity contribution in [2.45, 2.75) is 32.2 Å². The van der Waals surface area contributed by atoms with E-state index in [1.807, 2.05) is 37.3 Å². The summed E-state index contributed by atoms with van der Waals surface area (Å²) < 4.78 is 0. The number of aromatic nitrogens is 1. The predicted molar refractivity (Wildman–Crippen MR) is 81.3 cm³/mol. The Kier molecular flexibility index (Phi) is 5.07. The number of hydrogen-bond acceptors (Lipinski definition) is 3. The molecule has 0 saturated carbocycles. The molecule has 3 N–H and O–H groups in total. The maximum absolute atomic E-state index is 11.7. The first-order valence-electron chi connectivity index (χ1n) is 7.08. The van der Waals surface area contributed by atoms with Crippen LogP contribution in [-0.2, 0) is 11.2 Å². The molecule has 20 heavy (non-hydrogen) atoms. The highest BCUT2D eigenvalue weighted by Gasteiger charge is 2.11. The molecule has 1 atom stereocenters. The first-order valence-corrected chi connectivity index (χ1v) is 7.08. The van der Waals surface area contributed by atoms with Gasteiger partial charge in [-0.05, 0) is 24.5 Å². The molecule has 0 aliphatic rings. The highest BCUT2D eigenvalue weighted by atomic mass is 16.2. The Morgan fingerprint density at radius 1 is 1.35 bits per heavy atom. The van der Waals surface area contributed by atoms with Crippen molar-refractivity contribution >= 4 is 16.8 Å². The summed E-state index contributed by atoms with van der Waals surface area (Å²) in [7, 11) is 0. The normalized spacial score (nSPS) is 12.3. The van der Waals surface area contributed by atoms with Gasteiger partial charge in [0.25, 0.3) is 0 Å². The molecule has 0 aliphatic heterocycles. The first-order chi connectivity index (χ1) is 9.72. The number of hydrogen-bond donors (Lipinski definition) is 2. The quantitative estimate of drug-likeness (QED) is 0.844. The SMILES string of the molecule is CCC[C@H](N)C(=O)NCCc1cccc2cccnc12. The molecule has 2 rings (SSSR count). The van der Waals surface area contributed by atoms with E-state index in [0.29, 0.717) is 6.54 Å². The number of nitrogens with one attached hydrogen (secondary N) is 1. The molecule has 1 aromatic heterocycles. The fourth-order valence-corrected chi connectivity index (χ4v) is 2.26. The lowest BCUT2D eigenvalue weighted by molar-refractivity contribution is -0.122. The Balaban J connectivity index is 1.95. The molecule has 0 saturated heterocycles. The Labute approximate surface area is 119 Å². The fraction of sp³-hybridized carbons (Fsp3) is 0.375. The second kappa shape index (κ2) is 7.01. The molecule has 4 heteroatoms. The standard InChI is InChI=1S/C16H21N3O/c1-2-5-14(17)16(20)19-11-9-13-7-3-6-12-8-4-10-18-15(12)13/h3-4,6-8,10,14H,2,5,9,11,17H2,1H3,(H,19,20)/t14-/m0/s1. The average Bonchev–Trinajstić information content (AvgIpc) is 2.47. The van der Waals surface area contributed by atoms with Gasteiger partial charge in [0.15, 0.2) is 0 Å². The maximum atomic E-state index is 11.7. The van der Waals surface area contributed by atoms with Gasteiger partial charge in [0.2, 0.25) is 5.91 Å². The van der Waals surface area contributed by atoms with Gasteiger partial charge >= 0.3 is 0 Å². The van der Waals surface area contributed by atoms with Gasteiger partial charge in [-0.2, -0.15) is 0 Å². The van der Waals surface area contributed by atoms with Crippen LogP contribution >= 0.6 is 0 Å². The zero-order chi connectivity index (χ0) is 14.4. The number of carbonyl (C=O) groups is 1. The van der Waals surface area contributed by atoms with Crippen LogP contribution in [0.5, 0.6) is 0 Å². The van der Waals surface area contributed by atoms with Crippen molar-refractivity contribution in [2.75, 3.05) is 6.54 Å². The van der Waals surface area contributed by atoms with Crippen molar-refractivity contribution in [3.63, 3.8) is 0 Å². The summed E-state index contributed by atoms with van der Waals surface area (Å²) in [6.07, 6.45) is 4.20. The molecule has 0 unspecified atom stereocenters. The summed E-state index contributed by atoms with van der Waals surface area (Å²) in [6.45, 7) is 2.61. The first kappa shape index (κ1) is 14.5. The third-order valence-electron chi connectivity index (χ3n) is 3.35. The molecule has 0 aliphatic carbocycles. The van der Waals surface area contributed by atoms with Gasteiger partial charge in [-0.3, -0.25) is 9.78 Å². The highest BCUT2D eigenvalue weighted by molar-refractivity contribution is 5.82. The Bertz CT molecular complexity index is 577.